The van der Waals surface area contributed by atoms with Crippen LogP contribution in [-0.2, 0) is 4.74 Å². The fourth-order valence-electron chi connectivity index (χ4n) is 1.98. The molecule has 0 aliphatic heterocycles. The number of hydrogen-bond acceptors (Lipinski definition) is 4. The summed E-state index contributed by atoms with van der Waals surface area (Å²) in [4.78, 5) is 12.0. The highest BCUT2D eigenvalue weighted by Gasteiger charge is 2.43. The number of carbonyl (C=O) groups excluding carboxylic acids is 1. The van der Waals surface area contributed by atoms with Gasteiger partial charge in [-0.25, -0.2) is 4.79 Å². The Balaban J connectivity index is 2.03. The van der Waals surface area contributed by atoms with Crippen LogP contribution < -0.4 is 5.73 Å². The molecule has 0 spiro atoms. The van der Waals surface area contributed by atoms with Crippen LogP contribution in [0.3, 0.4) is 0 Å². The van der Waals surface area contributed by atoms with E-state index in [0.29, 0.717) is 24.3 Å². The van der Waals surface area contributed by atoms with Crippen LogP contribution in [0.25, 0.3) is 0 Å². The Bertz CT molecular complexity index is 493. The van der Waals surface area contributed by atoms with Gasteiger partial charge in [0.15, 0.2) is 0 Å². The van der Waals surface area contributed by atoms with Crippen LogP contribution in [0.2, 0.25) is 0 Å². The van der Waals surface area contributed by atoms with Crippen molar-refractivity contribution in [3.05, 3.63) is 29.3 Å². The Hall–Kier alpha value is -2.02. The van der Waals surface area contributed by atoms with Crippen molar-refractivity contribution in [2.45, 2.75) is 26.2 Å². The number of rotatable bonds is 4. The number of nitrogen functional groups attached to an aromatic ring is 1. The molecule has 4 heteroatoms. The summed E-state index contributed by atoms with van der Waals surface area (Å²) in [5, 5.41) is 8.70. The van der Waals surface area contributed by atoms with Gasteiger partial charge in [-0.3, -0.25) is 0 Å². The molecule has 1 aromatic carbocycles. The van der Waals surface area contributed by atoms with E-state index in [1.54, 1.807) is 12.1 Å². The number of nitrogens with zero attached hydrogens (tertiary/aromatic N) is 1. The topological polar surface area (TPSA) is 76.1 Å². The second-order valence-corrected chi connectivity index (χ2v) is 4.95. The minimum Gasteiger partial charge on any atom is -0.461 e. The molecule has 0 aromatic heterocycles. The molecule has 1 aliphatic rings. The van der Waals surface area contributed by atoms with Crippen LogP contribution in [0.15, 0.2) is 18.2 Å². The van der Waals surface area contributed by atoms with Gasteiger partial charge in [-0.2, -0.15) is 5.26 Å². The first-order valence-corrected chi connectivity index (χ1v) is 5.97. The smallest absolute Gasteiger partial charge is 0.340 e. The largest absolute Gasteiger partial charge is 0.461 e. The molecule has 94 valence electrons. The molecule has 18 heavy (non-hydrogen) atoms. The van der Waals surface area contributed by atoms with Crippen molar-refractivity contribution in [3.63, 3.8) is 0 Å². The molecule has 0 bridgehead atoms. The van der Waals surface area contributed by atoms with E-state index in [-0.39, 0.29) is 5.41 Å². The maximum absolute atomic E-state index is 12.0. The summed E-state index contributed by atoms with van der Waals surface area (Å²) < 4.78 is 5.30. The lowest BCUT2D eigenvalue weighted by molar-refractivity contribution is 0.0420. The van der Waals surface area contributed by atoms with Gasteiger partial charge in [-0.05, 0) is 31.4 Å². The summed E-state index contributed by atoms with van der Waals surface area (Å²) in [6.07, 6.45) is 2.36. The van der Waals surface area contributed by atoms with Crippen LogP contribution in [0.1, 0.15) is 35.2 Å². The standard InChI is InChI=1S/C14H16N2O2/c1-10-3-2-4-11(16)12(10)13(17)18-9-14(5-6-14)7-8-15/h2-4H,5-7,9,16H2,1H3. The Morgan fingerprint density at radius 2 is 2.28 bits per heavy atom. The Morgan fingerprint density at radius 1 is 1.56 bits per heavy atom. The number of nitriles is 1. The SMILES string of the molecule is Cc1cccc(N)c1C(=O)OCC1(CC#N)CC1. The first-order valence-electron chi connectivity index (χ1n) is 5.97. The van der Waals surface area contributed by atoms with Crippen LogP contribution in [0, 0.1) is 23.7 Å². The van der Waals surface area contributed by atoms with Crippen molar-refractivity contribution in [3.8, 4) is 6.07 Å². The highest BCUT2D eigenvalue weighted by Crippen LogP contribution is 2.48. The molecule has 0 radical (unpaired) electrons. The van der Waals surface area contributed by atoms with E-state index in [1.165, 1.54) is 0 Å². The van der Waals surface area contributed by atoms with Crippen molar-refractivity contribution in [1.29, 1.82) is 5.26 Å². The maximum Gasteiger partial charge on any atom is 0.340 e. The molecule has 1 saturated carbocycles. The van der Waals surface area contributed by atoms with Gasteiger partial charge in [0, 0.05) is 17.5 Å². The number of ether oxygens (including phenoxy) is 1. The van der Waals surface area contributed by atoms with E-state index in [0.717, 1.165) is 18.4 Å². The third-order valence-electron chi connectivity index (χ3n) is 3.43. The molecular formula is C14H16N2O2. The van der Waals surface area contributed by atoms with Crippen molar-refractivity contribution >= 4 is 11.7 Å². The fraction of sp³-hybridized carbons (Fsp3) is 0.429. The van der Waals surface area contributed by atoms with Gasteiger partial charge in [-0.15, -0.1) is 0 Å². The van der Waals surface area contributed by atoms with Gasteiger partial charge in [0.25, 0.3) is 0 Å². The van der Waals surface area contributed by atoms with Crippen LogP contribution >= 0.6 is 0 Å². The molecule has 0 saturated heterocycles. The Morgan fingerprint density at radius 3 is 2.83 bits per heavy atom. The molecule has 1 aliphatic carbocycles. The zero-order chi connectivity index (χ0) is 13.2. The predicted octanol–water partition coefficient (Wildman–Crippen LogP) is 2.43. The highest BCUT2D eigenvalue weighted by molar-refractivity contribution is 5.96. The van der Waals surface area contributed by atoms with E-state index < -0.39 is 5.97 Å². The van der Waals surface area contributed by atoms with Gasteiger partial charge >= 0.3 is 5.97 Å². The Kier molecular flexibility index (Phi) is 3.24. The molecule has 1 aromatic rings. The van der Waals surface area contributed by atoms with Crippen LogP contribution in [0.4, 0.5) is 5.69 Å². The van der Waals surface area contributed by atoms with Gasteiger partial charge < -0.3 is 10.5 Å². The summed E-state index contributed by atoms with van der Waals surface area (Å²) in [5.41, 5.74) is 7.37. The second-order valence-electron chi connectivity index (χ2n) is 4.95. The molecule has 0 amide bonds. The lowest BCUT2D eigenvalue weighted by Gasteiger charge is -2.13. The monoisotopic (exact) mass is 244 g/mol. The molecule has 0 heterocycles. The number of aryl methyl sites for hydroxylation is 1. The minimum atomic E-state index is -0.394. The Labute approximate surface area is 106 Å². The summed E-state index contributed by atoms with van der Waals surface area (Å²) in [6, 6.07) is 7.46. The summed E-state index contributed by atoms with van der Waals surface area (Å²) in [6.45, 7) is 2.14. The first-order chi connectivity index (χ1) is 8.58. The maximum atomic E-state index is 12.0. The van der Waals surface area contributed by atoms with Crippen molar-refractivity contribution in [2.75, 3.05) is 12.3 Å². The molecule has 2 rings (SSSR count). The number of nitrogens with two attached hydrogens (primary N) is 1. The number of carbonyl (C=O) groups is 1. The van der Waals surface area contributed by atoms with E-state index in [1.807, 2.05) is 13.0 Å². The average molecular weight is 244 g/mol. The number of hydrogen-bond donors (Lipinski definition) is 1. The summed E-state index contributed by atoms with van der Waals surface area (Å²) in [5.74, 6) is -0.394. The van der Waals surface area contributed by atoms with Gasteiger partial charge in [0.1, 0.15) is 0 Å². The number of anilines is 1. The number of esters is 1. The van der Waals surface area contributed by atoms with Gasteiger partial charge in [0.05, 0.1) is 18.2 Å². The lowest BCUT2D eigenvalue weighted by Crippen LogP contribution is -2.16. The van der Waals surface area contributed by atoms with Crippen LogP contribution in [-0.4, -0.2) is 12.6 Å². The molecular weight excluding hydrogens is 228 g/mol. The van der Waals surface area contributed by atoms with Crippen LogP contribution in [0.5, 0.6) is 0 Å². The van der Waals surface area contributed by atoms with Gasteiger partial charge in [0.2, 0.25) is 0 Å². The first kappa shape index (κ1) is 12.4. The molecule has 1 fully saturated rings. The number of benzene rings is 1. The average Bonchev–Trinajstić information content (AvgIpc) is 3.07. The van der Waals surface area contributed by atoms with Crippen molar-refractivity contribution in [1.82, 2.24) is 0 Å². The molecule has 4 nitrogen and oxygen atoms in total. The highest BCUT2D eigenvalue weighted by atomic mass is 16.5. The zero-order valence-corrected chi connectivity index (χ0v) is 10.4. The quantitative estimate of drug-likeness (QED) is 0.652. The zero-order valence-electron chi connectivity index (χ0n) is 10.4. The van der Waals surface area contributed by atoms with E-state index in [4.69, 9.17) is 15.7 Å². The predicted molar refractivity (Wildman–Crippen MR) is 67.8 cm³/mol. The molecule has 0 unspecified atom stereocenters. The van der Waals surface area contributed by atoms with E-state index in [2.05, 4.69) is 6.07 Å². The second kappa shape index (κ2) is 4.69. The van der Waals surface area contributed by atoms with E-state index in [9.17, 15) is 4.79 Å². The summed E-state index contributed by atoms with van der Waals surface area (Å²) >= 11 is 0. The van der Waals surface area contributed by atoms with E-state index >= 15 is 0 Å². The lowest BCUT2D eigenvalue weighted by atomic mass is 10.0. The molecule has 0 atom stereocenters. The molecule has 2 N–H and O–H groups in total. The third kappa shape index (κ3) is 2.45. The van der Waals surface area contributed by atoms with Crippen molar-refractivity contribution < 1.29 is 9.53 Å². The summed E-state index contributed by atoms with van der Waals surface area (Å²) in [7, 11) is 0. The minimum absolute atomic E-state index is 0.0954. The third-order valence-corrected chi connectivity index (χ3v) is 3.43. The van der Waals surface area contributed by atoms with Crippen molar-refractivity contribution in [2.24, 2.45) is 5.41 Å². The normalized spacial score (nSPS) is 15.8. The fourth-order valence-corrected chi connectivity index (χ4v) is 1.98. The van der Waals surface area contributed by atoms with Gasteiger partial charge in [-0.1, -0.05) is 12.1 Å².